The Balaban J connectivity index is 1.90. The lowest BCUT2D eigenvalue weighted by atomic mass is 9.75. The van der Waals surface area contributed by atoms with Crippen LogP contribution in [0.4, 0.5) is 0 Å². The average Bonchev–Trinajstić information content (AvgIpc) is 2.66. The van der Waals surface area contributed by atoms with Crippen LogP contribution in [0.25, 0.3) is 4.91 Å². The van der Waals surface area contributed by atoms with Crippen molar-refractivity contribution < 1.29 is 9.90 Å². The van der Waals surface area contributed by atoms with Crippen molar-refractivity contribution in [3.63, 3.8) is 0 Å². The molecular weight excluding hydrogens is 364 g/mol. The van der Waals surface area contributed by atoms with Crippen molar-refractivity contribution in [3.05, 3.63) is 76.4 Å². The fourth-order valence-electron chi connectivity index (χ4n) is 3.22. The second-order valence-electron chi connectivity index (χ2n) is 8.25. The Morgan fingerprint density at radius 2 is 1.75 bits per heavy atom. The predicted octanol–water partition coefficient (Wildman–Crippen LogP) is 6.20. The van der Waals surface area contributed by atoms with Crippen molar-refractivity contribution in [3.8, 4) is 11.8 Å². The van der Waals surface area contributed by atoms with Gasteiger partial charge in [0.2, 0.25) is 0 Å². The van der Waals surface area contributed by atoms with E-state index in [0.717, 1.165) is 23.3 Å². The van der Waals surface area contributed by atoms with E-state index < -0.39 is 5.97 Å². The van der Waals surface area contributed by atoms with E-state index in [9.17, 15) is 4.79 Å². The third-order valence-electron chi connectivity index (χ3n) is 4.87. The number of carboxylic acid groups (broad SMARTS) is 1. The molecule has 3 heteroatoms. The van der Waals surface area contributed by atoms with Gasteiger partial charge in [0.05, 0.1) is 5.56 Å². The Kier molecular flexibility index (Phi) is 6.01. The largest absolute Gasteiger partial charge is 0.478 e. The van der Waals surface area contributed by atoms with Crippen LogP contribution in [0.15, 0.2) is 48.5 Å². The summed E-state index contributed by atoms with van der Waals surface area (Å²) in [5.74, 6) is 7.23. The van der Waals surface area contributed by atoms with Gasteiger partial charge in [0.15, 0.2) is 0 Å². The molecule has 2 nitrogen and oxygen atoms in total. The lowest BCUT2D eigenvalue weighted by molar-refractivity contribution is 0.0697. The molecule has 2 aromatic carbocycles. The first kappa shape index (κ1) is 20.3. The number of rotatable bonds is 4. The SMILES string of the molecule is CC(C)CSC1=CCC(C)(C)c2ccc(C#Cc3ccc(C(=O)O)cc3)cc21. The van der Waals surface area contributed by atoms with Crippen LogP contribution in [-0.2, 0) is 5.41 Å². The summed E-state index contributed by atoms with van der Waals surface area (Å²) in [5, 5.41) is 9.00. The minimum absolute atomic E-state index is 0.135. The van der Waals surface area contributed by atoms with Crippen LogP contribution in [0.1, 0.15) is 66.7 Å². The first-order valence-corrected chi connectivity index (χ1v) is 10.6. The standard InChI is InChI=1S/C25H26O2S/c1-17(2)16-28-23-13-14-25(3,4)22-12-9-19(15-21(22)23)6-5-18-7-10-20(11-8-18)24(26)27/h7-13,15,17H,14,16H2,1-4H3,(H,26,27). The zero-order valence-electron chi connectivity index (χ0n) is 16.9. The zero-order chi connectivity index (χ0) is 20.3. The summed E-state index contributed by atoms with van der Waals surface area (Å²) < 4.78 is 0. The van der Waals surface area contributed by atoms with Gasteiger partial charge in [-0.2, -0.15) is 0 Å². The van der Waals surface area contributed by atoms with Gasteiger partial charge in [0.25, 0.3) is 0 Å². The predicted molar refractivity (Wildman–Crippen MR) is 119 cm³/mol. The van der Waals surface area contributed by atoms with E-state index in [0.29, 0.717) is 5.92 Å². The molecule has 0 aliphatic heterocycles. The van der Waals surface area contributed by atoms with Gasteiger partial charge in [0, 0.05) is 21.8 Å². The Morgan fingerprint density at radius 3 is 2.39 bits per heavy atom. The average molecular weight is 391 g/mol. The summed E-state index contributed by atoms with van der Waals surface area (Å²) in [6.45, 7) is 9.08. The lowest BCUT2D eigenvalue weighted by Crippen LogP contribution is -2.21. The molecule has 0 saturated heterocycles. The smallest absolute Gasteiger partial charge is 0.335 e. The van der Waals surface area contributed by atoms with E-state index in [1.54, 1.807) is 24.3 Å². The van der Waals surface area contributed by atoms with E-state index in [1.165, 1.54) is 16.0 Å². The topological polar surface area (TPSA) is 37.3 Å². The molecule has 0 radical (unpaired) electrons. The second-order valence-corrected chi connectivity index (χ2v) is 9.32. The molecule has 1 aliphatic carbocycles. The monoisotopic (exact) mass is 390 g/mol. The molecule has 3 rings (SSSR count). The summed E-state index contributed by atoms with van der Waals surface area (Å²) >= 11 is 1.93. The van der Waals surface area contributed by atoms with Crippen LogP contribution in [0, 0.1) is 17.8 Å². The minimum atomic E-state index is -0.921. The quantitative estimate of drug-likeness (QED) is 0.632. The van der Waals surface area contributed by atoms with Crippen LogP contribution >= 0.6 is 11.8 Å². The fourth-order valence-corrected chi connectivity index (χ4v) is 4.26. The van der Waals surface area contributed by atoms with Crippen molar-refractivity contribution in [2.24, 2.45) is 5.92 Å². The van der Waals surface area contributed by atoms with Gasteiger partial charge >= 0.3 is 5.97 Å². The number of hydrogen-bond donors (Lipinski definition) is 1. The number of hydrogen-bond acceptors (Lipinski definition) is 2. The van der Waals surface area contributed by atoms with Gasteiger partial charge in [-0.25, -0.2) is 4.79 Å². The van der Waals surface area contributed by atoms with Crippen molar-refractivity contribution in [1.82, 2.24) is 0 Å². The maximum atomic E-state index is 11.0. The zero-order valence-corrected chi connectivity index (χ0v) is 17.7. The van der Waals surface area contributed by atoms with Crippen LogP contribution < -0.4 is 0 Å². The van der Waals surface area contributed by atoms with E-state index in [2.05, 4.69) is 63.8 Å². The number of fused-ring (bicyclic) bond motifs is 1. The Hall–Kier alpha value is -2.44. The number of aromatic carboxylic acids is 1. The minimum Gasteiger partial charge on any atom is -0.478 e. The summed E-state index contributed by atoms with van der Waals surface area (Å²) in [6, 6.07) is 13.2. The second kappa shape index (κ2) is 8.29. The number of carboxylic acids is 1. The van der Waals surface area contributed by atoms with Gasteiger partial charge < -0.3 is 5.11 Å². The van der Waals surface area contributed by atoms with Gasteiger partial charge in [-0.1, -0.05) is 51.7 Å². The first-order chi connectivity index (χ1) is 13.3. The maximum absolute atomic E-state index is 11.0. The van der Waals surface area contributed by atoms with Crippen molar-refractivity contribution in [2.45, 2.75) is 39.5 Å². The number of carbonyl (C=O) groups is 1. The van der Waals surface area contributed by atoms with E-state index in [1.807, 2.05) is 11.8 Å². The molecule has 28 heavy (non-hydrogen) atoms. The molecule has 0 aromatic heterocycles. The Morgan fingerprint density at radius 1 is 1.11 bits per heavy atom. The summed E-state index contributed by atoms with van der Waals surface area (Å²) in [5.41, 5.74) is 4.89. The third kappa shape index (κ3) is 4.69. The highest BCUT2D eigenvalue weighted by Crippen LogP contribution is 2.43. The Labute approximate surface area is 172 Å². The van der Waals surface area contributed by atoms with Gasteiger partial charge in [0.1, 0.15) is 0 Å². The molecule has 0 amide bonds. The molecular formula is C25H26O2S. The van der Waals surface area contributed by atoms with E-state index in [-0.39, 0.29) is 11.0 Å². The van der Waals surface area contributed by atoms with Crippen molar-refractivity contribution >= 4 is 22.6 Å². The van der Waals surface area contributed by atoms with Gasteiger partial charge in [-0.15, -0.1) is 11.8 Å². The molecule has 0 atom stereocenters. The number of allylic oxidation sites excluding steroid dienone is 1. The van der Waals surface area contributed by atoms with E-state index in [4.69, 9.17) is 5.11 Å². The van der Waals surface area contributed by atoms with Crippen molar-refractivity contribution in [1.29, 1.82) is 0 Å². The molecule has 0 saturated carbocycles. The molecule has 0 unspecified atom stereocenters. The molecule has 0 spiro atoms. The maximum Gasteiger partial charge on any atom is 0.335 e. The van der Waals surface area contributed by atoms with Crippen LogP contribution in [0.5, 0.6) is 0 Å². The van der Waals surface area contributed by atoms with Gasteiger partial charge in [-0.3, -0.25) is 0 Å². The van der Waals surface area contributed by atoms with Crippen LogP contribution in [0.3, 0.4) is 0 Å². The summed E-state index contributed by atoms with van der Waals surface area (Å²) in [4.78, 5) is 12.3. The molecule has 1 aliphatic rings. The van der Waals surface area contributed by atoms with E-state index >= 15 is 0 Å². The molecule has 0 bridgehead atoms. The van der Waals surface area contributed by atoms with Gasteiger partial charge in [-0.05, 0) is 65.3 Å². The lowest BCUT2D eigenvalue weighted by Gasteiger charge is -2.32. The number of thioether (sulfide) groups is 1. The number of benzene rings is 2. The molecule has 0 heterocycles. The van der Waals surface area contributed by atoms with Crippen LogP contribution in [-0.4, -0.2) is 16.8 Å². The third-order valence-corrected chi connectivity index (χ3v) is 6.40. The fraction of sp³-hybridized carbons (Fsp3) is 0.320. The van der Waals surface area contributed by atoms with Crippen LogP contribution in [0.2, 0.25) is 0 Å². The molecule has 0 fully saturated rings. The normalized spacial score (nSPS) is 14.7. The first-order valence-electron chi connectivity index (χ1n) is 9.59. The summed E-state index contributed by atoms with van der Waals surface area (Å²) in [7, 11) is 0. The van der Waals surface area contributed by atoms with Crippen molar-refractivity contribution in [2.75, 3.05) is 5.75 Å². The Bertz CT molecular complexity index is 970. The molecule has 1 N–H and O–H groups in total. The summed E-state index contributed by atoms with van der Waals surface area (Å²) in [6.07, 6.45) is 3.43. The highest BCUT2D eigenvalue weighted by molar-refractivity contribution is 8.08. The molecule has 2 aromatic rings. The molecule has 144 valence electrons. The highest BCUT2D eigenvalue weighted by Gasteiger charge is 2.28. The highest BCUT2D eigenvalue weighted by atomic mass is 32.2.